The fourth-order valence-corrected chi connectivity index (χ4v) is 4.84. The van der Waals surface area contributed by atoms with Crippen molar-refractivity contribution in [3.05, 3.63) is 29.8 Å². The van der Waals surface area contributed by atoms with Crippen LogP contribution in [-0.2, 0) is 6.42 Å². The molecule has 3 nitrogen and oxygen atoms in total. The van der Waals surface area contributed by atoms with Gasteiger partial charge in [0, 0.05) is 18.3 Å². The highest BCUT2D eigenvalue weighted by Gasteiger charge is 2.42. The maximum atomic E-state index is 12.6. The van der Waals surface area contributed by atoms with Gasteiger partial charge in [-0.2, -0.15) is 0 Å². The number of rotatable bonds is 2. The van der Waals surface area contributed by atoms with E-state index in [-0.39, 0.29) is 6.03 Å². The molecule has 1 aromatic carbocycles. The highest BCUT2D eigenvalue weighted by atomic mass is 16.2. The Kier molecular flexibility index (Phi) is 3.16. The number of amides is 2. The topological polar surface area (TPSA) is 32.3 Å². The van der Waals surface area contributed by atoms with Crippen LogP contribution in [0.15, 0.2) is 24.3 Å². The van der Waals surface area contributed by atoms with E-state index in [1.807, 2.05) is 11.0 Å². The minimum Gasteiger partial charge on any atom is -0.335 e. The largest absolute Gasteiger partial charge is 0.335 e. The second-order valence-electron chi connectivity index (χ2n) is 7.11. The molecule has 1 heterocycles. The maximum Gasteiger partial charge on any atom is 0.322 e. The van der Waals surface area contributed by atoms with Crippen LogP contribution in [0.2, 0.25) is 0 Å². The predicted molar refractivity (Wildman–Crippen MR) is 84.4 cm³/mol. The third kappa shape index (κ3) is 2.23. The molecule has 2 bridgehead atoms. The molecule has 2 saturated carbocycles. The summed E-state index contributed by atoms with van der Waals surface area (Å²) in [4.78, 5) is 14.5. The quantitative estimate of drug-likeness (QED) is 0.884. The molecule has 112 valence electrons. The fourth-order valence-electron chi connectivity index (χ4n) is 4.84. The van der Waals surface area contributed by atoms with E-state index in [2.05, 4.69) is 30.4 Å². The Hall–Kier alpha value is -1.51. The number of anilines is 1. The smallest absolute Gasteiger partial charge is 0.322 e. The van der Waals surface area contributed by atoms with E-state index >= 15 is 0 Å². The number of nitrogens with zero attached hydrogens (tertiary/aromatic N) is 1. The normalized spacial score (nSPS) is 31.3. The van der Waals surface area contributed by atoms with Gasteiger partial charge in [0.15, 0.2) is 0 Å². The van der Waals surface area contributed by atoms with Crippen molar-refractivity contribution >= 4 is 11.7 Å². The van der Waals surface area contributed by atoms with Crippen molar-refractivity contribution in [1.29, 1.82) is 0 Å². The van der Waals surface area contributed by atoms with Crippen molar-refractivity contribution < 1.29 is 4.79 Å². The summed E-state index contributed by atoms with van der Waals surface area (Å²) in [7, 11) is 0. The monoisotopic (exact) mass is 284 g/mol. The molecular weight excluding hydrogens is 260 g/mol. The first-order valence-electron chi connectivity index (χ1n) is 8.38. The van der Waals surface area contributed by atoms with E-state index in [1.54, 1.807) is 0 Å². The Labute approximate surface area is 126 Å². The Morgan fingerprint density at radius 3 is 2.90 bits per heavy atom. The molecular formula is C18H24N2O. The molecule has 0 saturated heterocycles. The van der Waals surface area contributed by atoms with Crippen LogP contribution in [-0.4, -0.2) is 18.6 Å². The van der Waals surface area contributed by atoms with Gasteiger partial charge in [-0.15, -0.1) is 0 Å². The first-order valence-corrected chi connectivity index (χ1v) is 8.38. The number of hydrogen-bond acceptors (Lipinski definition) is 1. The lowest BCUT2D eigenvalue weighted by atomic mass is 9.84. The first kappa shape index (κ1) is 13.2. The molecule has 4 rings (SSSR count). The molecule has 2 amide bonds. The van der Waals surface area contributed by atoms with Crippen molar-refractivity contribution in [1.82, 2.24) is 5.32 Å². The van der Waals surface area contributed by atoms with Crippen LogP contribution in [0, 0.1) is 17.8 Å². The van der Waals surface area contributed by atoms with Crippen LogP contribution in [0.1, 0.15) is 38.2 Å². The van der Waals surface area contributed by atoms with E-state index in [0.717, 1.165) is 30.5 Å². The summed E-state index contributed by atoms with van der Waals surface area (Å²) < 4.78 is 0. The molecule has 4 atom stereocenters. The Morgan fingerprint density at radius 2 is 2.14 bits per heavy atom. The van der Waals surface area contributed by atoms with Crippen LogP contribution < -0.4 is 10.2 Å². The molecule has 1 N–H and O–H groups in total. The standard InChI is InChI=1S/C18H24N2O/c1-12(16-11-13-6-7-15(16)10-13)19-18(21)20-9-8-14-4-2-3-5-17(14)20/h2-5,12-13,15-16H,6-11H2,1H3,(H,19,21). The summed E-state index contributed by atoms with van der Waals surface area (Å²) in [6, 6.07) is 8.66. The Morgan fingerprint density at radius 1 is 1.29 bits per heavy atom. The highest BCUT2D eigenvalue weighted by molar-refractivity contribution is 5.94. The van der Waals surface area contributed by atoms with Gasteiger partial charge in [0.2, 0.25) is 0 Å². The second kappa shape index (κ2) is 5.04. The fraction of sp³-hybridized carbons (Fsp3) is 0.611. The van der Waals surface area contributed by atoms with Gasteiger partial charge in [0.1, 0.15) is 0 Å². The molecule has 4 unspecified atom stereocenters. The number of carbonyl (C=O) groups excluding carboxylic acids is 1. The third-order valence-electron chi connectivity index (χ3n) is 5.92. The average molecular weight is 284 g/mol. The molecule has 21 heavy (non-hydrogen) atoms. The van der Waals surface area contributed by atoms with Crippen LogP contribution in [0.4, 0.5) is 10.5 Å². The van der Waals surface area contributed by atoms with Crippen LogP contribution in [0.5, 0.6) is 0 Å². The van der Waals surface area contributed by atoms with Crippen molar-refractivity contribution in [2.24, 2.45) is 17.8 Å². The van der Waals surface area contributed by atoms with Gasteiger partial charge in [-0.25, -0.2) is 4.79 Å². The van der Waals surface area contributed by atoms with Gasteiger partial charge in [0.05, 0.1) is 0 Å². The van der Waals surface area contributed by atoms with Crippen molar-refractivity contribution in [2.75, 3.05) is 11.4 Å². The Balaban J connectivity index is 1.42. The lowest BCUT2D eigenvalue weighted by molar-refractivity contribution is 0.225. The van der Waals surface area contributed by atoms with E-state index in [9.17, 15) is 4.79 Å². The van der Waals surface area contributed by atoms with E-state index in [1.165, 1.54) is 31.2 Å². The van der Waals surface area contributed by atoms with Gasteiger partial charge in [-0.1, -0.05) is 24.6 Å². The van der Waals surface area contributed by atoms with Gasteiger partial charge in [0.25, 0.3) is 0 Å². The number of urea groups is 1. The first-order chi connectivity index (χ1) is 10.2. The molecule has 1 aliphatic heterocycles. The summed E-state index contributed by atoms with van der Waals surface area (Å²) >= 11 is 0. The van der Waals surface area contributed by atoms with Gasteiger partial charge in [-0.05, 0) is 62.0 Å². The van der Waals surface area contributed by atoms with Crippen LogP contribution >= 0.6 is 0 Å². The van der Waals surface area contributed by atoms with Gasteiger partial charge < -0.3 is 5.32 Å². The lowest BCUT2D eigenvalue weighted by Crippen LogP contribution is -2.46. The number of fused-ring (bicyclic) bond motifs is 3. The molecule has 2 fully saturated rings. The van der Waals surface area contributed by atoms with Crippen molar-refractivity contribution in [2.45, 2.75) is 45.1 Å². The molecule has 0 aromatic heterocycles. The molecule has 0 radical (unpaired) electrons. The lowest BCUT2D eigenvalue weighted by Gasteiger charge is -2.30. The summed E-state index contributed by atoms with van der Waals surface area (Å²) in [5.41, 5.74) is 2.38. The summed E-state index contributed by atoms with van der Waals surface area (Å²) in [6.45, 7) is 3.01. The summed E-state index contributed by atoms with van der Waals surface area (Å²) in [5.74, 6) is 2.49. The molecule has 3 heteroatoms. The van der Waals surface area contributed by atoms with Crippen molar-refractivity contribution in [3.8, 4) is 0 Å². The zero-order valence-electron chi connectivity index (χ0n) is 12.7. The number of carbonyl (C=O) groups is 1. The number of hydrogen-bond donors (Lipinski definition) is 1. The minimum absolute atomic E-state index is 0.0928. The third-order valence-corrected chi connectivity index (χ3v) is 5.92. The molecule has 2 aliphatic carbocycles. The van der Waals surface area contributed by atoms with Crippen LogP contribution in [0.3, 0.4) is 0 Å². The second-order valence-corrected chi connectivity index (χ2v) is 7.11. The average Bonchev–Trinajstić information content (AvgIpc) is 3.21. The summed E-state index contributed by atoms with van der Waals surface area (Å²) in [5, 5.41) is 3.28. The molecule has 0 spiro atoms. The minimum atomic E-state index is 0.0928. The number of benzene rings is 1. The van der Waals surface area contributed by atoms with Crippen molar-refractivity contribution in [3.63, 3.8) is 0 Å². The highest BCUT2D eigenvalue weighted by Crippen LogP contribution is 2.49. The van der Waals surface area contributed by atoms with E-state index < -0.39 is 0 Å². The number of nitrogens with one attached hydrogen (secondary N) is 1. The molecule has 3 aliphatic rings. The van der Waals surface area contributed by atoms with Gasteiger partial charge in [-0.3, -0.25) is 4.90 Å². The Bertz CT molecular complexity index is 556. The van der Waals surface area contributed by atoms with Gasteiger partial charge >= 0.3 is 6.03 Å². The maximum absolute atomic E-state index is 12.6. The van der Waals surface area contributed by atoms with E-state index in [4.69, 9.17) is 0 Å². The zero-order chi connectivity index (χ0) is 14.4. The SMILES string of the molecule is CC(NC(=O)N1CCc2ccccc21)C1CC2CCC1C2. The van der Waals surface area contributed by atoms with E-state index in [0.29, 0.717) is 12.0 Å². The van der Waals surface area contributed by atoms with Crippen LogP contribution in [0.25, 0.3) is 0 Å². The predicted octanol–water partition coefficient (Wildman–Crippen LogP) is 3.58. The summed E-state index contributed by atoms with van der Waals surface area (Å²) in [6.07, 6.45) is 6.50. The number of para-hydroxylation sites is 1. The molecule has 1 aromatic rings. The zero-order valence-corrected chi connectivity index (χ0v) is 12.7.